The van der Waals surface area contributed by atoms with E-state index in [0.717, 1.165) is 11.3 Å². The van der Waals surface area contributed by atoms with Crippen LogP contribution < -0.4 is 15.6 Å². The summed E-state index contributed by atoms with van der Waals surface area (Å²) in [5, 5.41) is 7.89. The topological polar surface area (TPSA) is 84.8 Å². The summed E-state index contributed by atoms with van der Waals surface area (Å²) >= 11 is 5.89. The number of methoxy groups -OCH3 is 1. The van der Waals surface area contributed by atoms with Crippen molar-refractivity contribution in [2.24, 2.45) is 0 Å². The highest BCUT2D eigenvalue weighted by molar-refractivity contribution is 6.30. The van der Waals surface area contributed by atoms with E-state index in [9.17, 15) is 4.79 Å². The SMILES string of the molecule is COc1ccccc1CNc1nc(C(C)Cn2cc(Cl)cn2)cc(=O)[nH]1. The summed E-state index contributed by atoms with van der Waals surface area (Å²) in [6.07, 6.45) is 3.33. The quantitative estimate of drug-likeness (QED) is 0.665. The monoisotopic (exact) mass is 373 g/mol. The fourth-order valence-corrected chi connectivity index (χ4v) is 2.81. The highest BCUT2D eigenvalue weighted by Gasteiger charge is 2.12. The van der Waals surface area contributed by atoms with Crippen LogP contribution in [0.5, 0.6) is 5.75 Å². The molecular formula is C18H20ClN5O2. The molecule has 136 valence electrons. The predicted octanol–water partition coefficient (Wildman–Crippen LogP) is 3.04. The molecule has 0 saturated heterocycles. The number of hydrogen-bond donors (Lipinski definition) is 2. The molecule has 0 fully saturated rings. The van der Waals surface area contributed by atoms with Crippen LogP contribution in [0.3, 0.4) is 0 Å². The third-order valence-electron chi connectivity index (χ3n) is 3.97. The number of aromatic nitrogens is 4. The van der Waals surface area contributed by atoms with Crippen molar-refractivity contribution in [3.63, 3.8) is 0 Å². The van der Waals surface area contributed by atoms with E-state index in [1.54, 1.807) is 24.2 Å². The molecule has 2 aromatic heterocycles. The van der Waals surface area contributed by atoms with E-state index < -0.39 is 0 Å². The van der Waals surface area contributed by atoms with Crippen molar-refractivity contribution in [1.29, 1.82) is 0 Å². The lowest BCUT2D eigenvalue weighted by Crippen LogP contribution is -2.17. The minimum Gasteiger partial charge on any atom is -0.496 e. The van der Waals surface area contributed by atoms with E-state index in [0.29, 0.717) is 29.8 Å². The Hall–Kier alpha value is -2.80. The summed E-state index contributed by atoms with van der Waals surface area (Å²) in [7, 11) is 1.63. The van der Waals surface area contributed by atoms with Crippen molar-refractivity contribution in [3.8, 4) is 5.75 Å². The molecule has 2 N–H and O–H groups in total. The molecule has 0 saturated carbocycles. The molecule has 8 heteroatoms. The first-order valence-electron chi connectivity index (χ1n) is 8.20. The van der Waals surface area contributed by atoms with E-state index in [-0.39, 0.29) is 11.5 Å². The molecule has 1 unspecified atom stereocenters. The number of ether oxygens (including phenoxy) is 1. The van der Waals surface area contributed by atoms with Crippen molar-refractivity contribution in [1.82, 2.24) is 19.7 Å². The Balaban J connectivity index is 1.73. The second-order valence-electron chi connectivity index (χ2n) is 5.97. The van der Waals surface area contributed by atoms with Gasteiger partial charge in [-0.05, 0) is 6.07 Å². The van der Waals surface area contributed by atoms with E-state index in [4.69, 9.17) is 16.3 Å². The average molecular weight is 374 g/mol. The standard InChI is InChI=1S/C18H20ClN5O2/c1-12(10-24-11-14(19)9-21-24)15-7-17(25)23-18(22-15)20-8-13-5-3-4-6-16(13)26-2/h3-7,9,11-12H,8,10H2,1-2H3,(H2,20,22,23,25). The Kier molecular flexibility index (Phi) is 5.58. The van der Waals surface area contributed by atoms with Gasteiger partial charge >= 0.3 is 0 Å². The molecule has 1 atom stereocenters. The van der Waals surface area contributed by atoms with Gasteiger partial charge in [-0.15, -0.1) is 0 Å². The molecule has 7 nitrogen and oxygen atoms in total. The molecular weight excluding hydrogens is 354 g/mol. The number of rotatable bonds is 7. The third-order valence-corrected chi connectivity index (χ3v) is 4.16. The zero-order chi connectivity index (χ0) is 18.5. The predicted molar refractivity (Wildman–Crippen MR) is 101 cm³/mol. The van der Waals surface area contributed by atoms with E-state index in [1.165, 1.54) is 6.07 Å². The molecule has 2 heterocycles. The molecule has 0 bridgehead atoms. The van der Waals surface area contributed by atoms with Crippen LogP contribution >= 0.6 is 11.6 Å². The van der Waals surface area contributed by atoms with Crippen LogP contribution in [0.2, 0.25) is 5.02 Å². The number of hydrogen-bond acceptors (Lipinski definition) is 5. The molecule has 0 amide bonds. The van der Waals surface area contributed by atoms with E-state index in [2.05, 4.69) is 20.4 Å². The van der Waals surface area contributed by atoms with Gasteiger partial charge in [0.1, 0.15) is 5.75 Å². The molecule has 0 spiro atoms. The van der Waals surface area contributed by atoms with Crippen LogP contribution in [0, 0.1) is 0 Å². The van der Waals surface area contributed by atoms with Crippen LogP contribution in [-0.4, -0.2) is 26.9 Å². The lowest BCUT2D eigenvalue weighted by molar-refractivity contribution is 0.410. The summed E-state index contributed by atoms with van der Waals surface area (Å²) in [6, 6.07) is 9.19. The maximum Gasteiger partial charge on any atom is 0.252 e. The second kappa shape index (κ2) is 8.05. The first-order valence-corrected chi connectivity index (χ1v) is 8.58. The largest absolute Gasteiger partial charge is 0.496 e. The van der Waals surface area contributed by atoms with Crippen LogP contribution in [-0.2, 0) is 13.1 Å². The Morgan fingerprint density at radius 1 is 1.38 bits per heavy atom. The van der Waals surface area contributed by atoms with Crippen molar-refractivity contribution in [2.75, 3.05) is 12.4 Å². The van der Waals surface area contributed by atoms with Gasteiger partial charge in [-0.1, -0.05) is 36.7 Å². The molecule has 0 radical (unpaired) electrons. The summed E-state index contributed by atoms with van der Waals surface area (Å²) in [6.45, 7) is 3.05. The van der Waals surface area contributed by atoms with Gasteiger partial charge in [0.05, 0.1) is 24.0 Å². The third kappa shape index (κ3) is 4.43. The van der Waals surface area contributed by atoms with E-state index in [1.807, 2.05) is 31.2 Å². The molecule has 0 aliphatic carbocycles. The summed E-state index contributed by atoms with van der Waals surface area (Å²) < 4.78 is 7.07. The van der Waals surface area contributed by atoms with Gasteiger partial charge in [0.25, 0.3) is 5.56 Å². The fraction of sp³-hybridized carbons (Fsp3) is 0.278. The molecule has 0 aliphatic rings. The minimum absolute atomic E-state index is 0.0000723. The number of nitrogens with zero attached hydrogens (tertiary/aromatic N) is 3. The van der Waals surface area contributed by atoms with Crippen LogP contribution in [0.4, 0.5) is 5.95 Å². The van der Waals surface area contributed by atoms with Gasteiger partial charge in [0.15, 0.2) is 0 Å². The van der Waals surface area contributed by atoms with Gasteiger partial charge < -0.3 is 10.1 Å². The van der Waals surface area contributed by atoms with Crippen molar-refractivity contribution >= 4 is 17.5 Å². The van der Waals surface area contributed by atoms with Crippen molar-refractivity contribution < 1.29 is 4.74 Å². The number of aromatic amines is 1. The van der Waals surface area contributed by atoms with Gasteiger partial charge in [0, 0.05) is 36.8 Å². The smallest absolute Gasteiger partial charge is 0.252 e. The molecule has 3 aromatic rings. The maximum absolute atomic E-state index is 12.0. The van der Waals surface area contributed by atoms with Crippen LogP contribution in [0.15, 0.2) is 47.5 Å². The molecule has 1 aromatic carbocycles. The Labute approximate surface area is 156 Å². The number of halogens is 1. The van der Waals surface area contributed by atoms with E-state index >= 15 is 0 Å². The minimum atomic E-state index is -0.206. The highest BCUT2D eigenvalue weighted by Crippen LogP contribution is 2.19. The normalized spacial score (nSPS) is 12.0. The number of benzene rings is 1. The summed E-state index contributed by atoms with van der Waals surface area (Å²) in [5.74, 6) is 1.20. The first-order chi connectivity index (χ1) is 12.5. The van der Waals surface area contributed by atoms with Crippen molar-refractivity contribution in [2.45, 2.75) is 25.9 Å². The van der Waals surface area contributed by atoms with Crippen LogP contribution in [0.25, 0.3) is 0 Å². The zero-order valence-corrected chi connectivity index (χ0v) is 15.3. The Morgan fingerprint density at radius 3 is 2.92 bits per heavy atom. The van der Waals surface area contributed by atoms with Gasteiger partial charge in [0.2, 0.25) is 5.95 Å². The first kappa shape index (κ1) is 18.0. The van der Waals surface area contributed by atoms with Crippen molar-refractivity contribution in [3.05, 3.63) is 69.4 Å². The number of para-hydroxylation sites is 1. The van der Waals surface area contributed by atoms with Gasteiger partial charge in [-0.25, -0.2) is 4.98 Å². The number of H-pyrrole nitrogens is 1. The Morgan fingerprint density at radius 2 is 2.19 bits per heavy atom. The van der Waals surface area contributed by atoms with Gasteiger partial charge in [-0.3, -0.25) is 14.5 Å². The fourth-order valence-electron chi connectivity index (χ4n) is 2.65. The number of nitrogens with one attached hydrogen (secondary N) is 2. The lowest BCUT2D eigenvalue weighted by Gasteiger charge is -2.13. The molecule has 3 rings (SSSR count). The second-order valence-corrected chi connectivity index (χ2v) is 6.40. The van der Waals surface area contributed by atoms with Gasteiger partial charge in [-0.2, -0.15) is 5.10 Å². The Bertz CT molecular complexity index is 937. The average Bonchev–Trinajstić information content (AvgIpc) is 3.04. The summed E-state index contributed by atoms with van der Waals surface area (Å²) in [4.78, 5) is 19.2. The lowest BCUT2D eigenvalue weighted by atomic mass is 10.1. The summed E-state index contributed by atoms with van der Waals surface area (Å²) in [5.41, 5.74) is 1.45. The molecule has 0 aliphatic heterocycles. The zero-order valence-electron chi connectivity index (χ0n) is 14.6. The highest BCUT2D eigenvalue weighted by atomic mass is 35.5. The molecule has 26 heavy (non-hydrogen) atoms. The maximum atomic E-state index is 12.0. The number of anilines is 1. The van der Waals surface area contributed by atoms with Crippen LogP contribution in [0.1, 0.15) is 24.1 Å².